The van der Waals surface area contributed by atoms with E-state index in [1.54, 1.807) is 6.92 Å². The minimum absolute atomic E-state index is 0.185. The first-order valence-electron chi connectivity index (χ1n) is 5.17. The Morgan fingerprint density at radius 1 is 1.36 bits per heavy atom. The maximum atomic E-state index is 10.4. The molecule has 0 amide bonds. The van der Waals surface area contributed by atoms with Crippen LogP contribution in [0.1, 0.15) is 33.1 Å². The highest BCUT2D eigenvalue weighted by molar-refractivity contribution is 5.65. The van der Waals surface area contributed by atoms with Crippen LogP contribution in [0.25, 0.3) is 0 Å². The van der Waals surface area contributed by atoms with Gasteiger partial charge in [0.1, 0.15) is 6.73 Å². The lowest BCUT2D eigenvalue weighted by atomic mass is 10.1. The molecule has 4 nitrogen and oxygen atoms in total. The number of carbonyl (C=O) groups is 1. The highest BCUT2D eigenvalue weighted by atomic mass is 16.5. The highest BCUT2D eigenvalue weighted by Crippen LogP contribution is 2.07. The number of piperidine rings is 1. The Kier molecular flexibility index (Phi) is 8.57. The molecular formula is C10H21NO3. The lowest BCUT2D eigenvalue weighted by molar-refractivity contribution is -0.146. The second-order valence-electron chi connectivity index (χ2n) is 3.26. The number of aliphatic hydroxyl groups is 1. The SMILES string of the molecule is CC(=O)OCN1CCCCC1.CCO. The van der Waals surface area contributed by atoms with Crippen molar-refractivity contribution in [1.82, 2.24) is 4.90 Å². The summed E-state index contributed by atoms with van der Waals surface area (Å²) in [5, 5.41) is 7.57. The molecule has 0 radical (unpaired) electrons. The van der Waals surface area contributed by atoms with Crippen LogP contribution in [-0.2, 0) is 9.53 Å². The van der Waals surface area contributed by atoms with Gasteiger partial charge in [0.2, 0.25) is 0 Å². The van der Waals surface area contributed by atoms with Gasteiger partial charge in [-0.3, -0.25) is 9.69 Å². The van der Waals surface area contributed by atoms with Gasteiger partial charge < -0.3 is 9.84 Å². The number of carbonyl (C=O) groups excluding carboxylic acids is 1. The van der Waals surface area contributed by atoms with Crippen molar-refractivity contribution < 1.29 is 14.6 Å². The van der Waals surface area contributed by atoms with Crippen LogP contribution in [0.5, 0.6) is 0 Å². The van der Waals surface area contributed by atoms with Crippen molar-refractivity contribution in [1.29, 1.82) is 0 Å². The second kappa shape index (κ2) is 8.97. The molecule has 1 rings (SSSR count). The van der Waals surface area contributed by atoms with E-state index in [2.05, 4.69) is 4.90 Å². The summed E-state index contributed by atoms with van der Waals surface area (Å²) in [4.78, 5) is 12.6. The summed E-state index contributed by atoms with van der Waals surface area (Å²) in [5.74, 6) is -0.185. The van der Waals surface area contributed by atoms with E-state index in [1.165, 1.54) is 26.2 Å². The van der Waals surface area contributed by atoms with Gasteiger partial charge in [-0.15, -0.1) is 0 Å². The molecule has 0 aromatic heterocycles. The number of nitrogens with zero attached hydrogens (tertiary/aromatic N) is 1. The topological polar surface area (TPSA) is 49.8 Å². The summed E-state index contributed by atoms with van der Waals surface area (Å²) < 4.78 is 4.87. The minimum Gasteiger partial charge on any atom is -0.450 e. The fourth-order valence-corrected chi connectivity index (χ4v) is 1.27. The van der Waals surface area contributed by atoms with E-state index in [0.29, 0.717) is 6.73 Å². The van der Waals surface area contributed by atoms with Gasteiger partial charge in [0.15, 0.2) is 0 Å². The molecule has 1 heterocycles. The van der Waals surface area contributed by atoms with Gasteiger partial charge in [-0.05, 0) is 19.8 Å². The minimum atomic E-state index is -0.185. The Hall–Kier alpha value is -0.610. The van der Waals surface area contributed by atoms with Crippen LogP contribution in [0.4, 0.5) is 0 Å². The zero-order valence-electron chi connectivity index (χ0n) is 9.16. The van der Waals surface area contributed by atoms with E-state index in [9.17, 15) is 4.79 Å². The monoisotopic (exact) mass is 203 g/mol. The molecule has 1 fully saturated rings. The van der Waals surface area contributed by atoms with Crippen molar-refractivity contribution in [3.8, 4) is 0 Å². The van der Waals surface area contributed by atoms with Crippen LogP contribution in [0, 0.1) is 0 Å². The van der Waals surface area contributed by atoms with Crippen LogP contribution in [0.15, 0.2) is 0 Å². The van der Waals surface area contributed by atoms with Crippen molar-refractivity contribution in [2.75, 3.05) is 26.4 Å². The van der Waals surface area contributed by atoms with Crippen molar-refractivity contribution in [2.24, 2.45) is 0 Å². The van der Waals surface area contributed by atoms with Crippen molar-refractivity contribution >= 4 is 5.97 Å². The Morgan fingerprint density at radius 3 is 2.29 bits per heavy atom. The largest absolute Gasteiger partial charge is 0.450 e. The molecule has 0 atom stereocenters. The fraction of sp³-hybridized carbons (Fsp3) is 0.900. The first-order valence-corrected chi connectivity index (χ1v) is 5.17. The van der Waals surface area contributed by atoms with Gasteiger partial charge in [-0.2, -0.15) is 0 Å². The summed E-state index contributed by atoms with van der Waals surface area (Å²) >= 11 is 0. The van der Waals surface area contributed by atoms with Gasteiger partial charge >= 0.3 is 5.97 Å². The van der Waals surface area contributed by atoms with Crippen LogP contribution in [0.2, 0.25) is 0 Å². The molecule has 0 spiro atoms. The van der Waals surface area contributed by atoms with E-state index >= 15 is 0 Å². The quantitative estimate of drug-likeness (QED) is 0.680. The number of aliphatic hydroxyl groups excluding tert-OH is 1. The van der Waals surface area contributed by atoms with Gasteiger partial charge in [0, 0.05) is 26.6 Å². The Bertz CT molecular complexity index is 144. The summed E-state index contributed by atoms with van der Waals surface area (Å²) in [6, 6.07) is 0. The standard InChI is InChI=1S/C8H15NO2.C2H6O/c1-8(10)11-7-9-5-3-2-4-6-9;1-2-3/h2-7H2,1H3;3H,2H2,1H3. The fourth-order valence-electron chi connectivity index (χ4n) is 1.27. The summed E-state index contributed by atoms with van der Waals surface area (Å²) in [6.45, 7) is 6.01. The van der Waals surface area contributed by atoms with Crippen LogP contribution in [0.3, 0.4) is 0 Å². The van der Waals surface area contributed by atoms with Gasteiger partial charge in [0.25, 0.3) is 0 Å². The number of hydrogen-bond donors (Lipinski definition) is 1. The highest BCUT2D eigenvalue weighted by Gasteiger charge is 2.09. The van der Waals surface area contributed by atoms with Crippen molar-refractivity contribution in [3.63, 3.8) is 0 Å². The maximum absolute atomic E-state index is 10.4. The van der Waals surface area contributed by atoms with E-state index in [-0.39, 0.29) is 12.6 Å². The molecule has 0 bridgehead atoms. The Morgan fingerprint density at radius 2 is 1.86 bits per heavy atom. The van der Waals surface area contributed by atoms with E-state index in [0.717, 1.165) is 13.1 Å². The van der Waals surface area contributed by atoms with Crippen LogP contribution in [-0.4, -0.2) is 42.4 Å². The molecule has 0 aliphatic carbocycles. The number of hydrogen-bond acceptors (Lipinski definition) is 4. The summed E-state index contributed by atoms with van der Waals surface area (Å²) in [5.41, 5.74) is 0. The van der Waals surface area contributed by atoms with Gasteiger partial charge in [-0.25, -0.2) is 0 Å². The number of likely N-dealkylation sites (tertiary alicyclic amines) is 1. The first-order chi connectivity index (χ1) is 6.70. The van der Waals surface area contributed by atoms with Gasteiger partial charge in [-0.1, -0.05) is 6.42 Å². The number of esters is 1. The number of ether oxygens (including phenoxy) is 1. The molecule has 0 aromatic rings. The van der Waals surface area contributed by atoms with Gasteiger partial charge in [0.05, 0.1) is 0 Å². The zero-order valence-corrected chi connectivity index (χ0v) is 9.16. The van der Waals surface area contributed by atoms with Crippen LogP contribution < -0.4 is 0 Å². The zero-order chi connectivity index (χ0) is 10.8. The molecule has 0 saturated carbocycles. The summed E-state index contributed by atoms with van der Waals surface area (Å²) in [6.07, 6.45) is 3.79. The third-order valence-electron chi connectivity index (χ3n) is 1.90. The molecule has 1 aliphatic heterocycles. The van der Waals surface area contributed by atoms with E-state index in [1.807, 2.05) is 0 Å². The summed E-state index contributed by atoms with van der Waals surface area (Å²) in [7, 11) is 0. The molecule has 84 valence electrons. The predicted octanol–water partition coefficient (Wildman–Crippen LogP) is 0.991. The lowest BCUT2D eigenvalue weighted by Gasteiger charge is -2.25. The van der Waals surface area contributed by atoms with E-state index in [4.69, 9.17) is 9.84 Å². The van der Waals surface area contributed by atoms with Crippen LogP contribution >= 0.6 is 0 Å². The molecule has 14 heavy (non-hydrogen) atoms. The van der Waals surface area contributed by atoms with E-state index < -0.39 is 0 Å². The molecular weight excluding hydrogens is 182 g/mol. The third kappa shape index (κ3) is 8.01. The molecule has 1 saturated heterocycles. The van der Waals surface area contributed by atoms with Crippen molar-refractivity contribution in [3.05, 3.63) is 0 Å². The molecule has 0 aromatic carbocycles. The predicted molar refractivity (Wildman–Crippen MR) is 54.8 cm³/mol. The lowest BCUT2D eigenvalue weighted by Crippen LogP contribution is -2.32. The third-order valence-corrected chi connectivity index (χ3v) is 1.90. The molecule has 1 N–H and O–H groups in total. The Labute approximate surface area is 85.9 Å². The average Bonchev–Trinajstić information content (AvgIpc) is 2.18. The second-order valence-corrected chi connectivity index (χ2v) is 3.26. The molecule has 0 unspecified atom stereocenters. The maximum Gasteiger partial charge on any atom is 0.303 e. The molecule has 4 heteroatoms. The number of rotatable bonds is 2. The normalized spacial score (nSPS) is 16.8. The Balaban J connectivity index is 0.000000500. The first kappa shape index (κ1) is 13.4. The smallest absolute Gasteiger partial charge is 0.303 e. The average molecular weight is 203 g/mol. The molecule has 1 aliphatic rings. The van der Waals surface area contributed by atoms with Crippen molar-refractivity contribution in [2.45, 2.75) is 33.1 Å².